The number of hydrogen-bond donors (Lipinski definition) is 0. The van der Waals surface area contributed by atoms with Crippen LogP contribution in [0.15, 0.2) is 71.9 Å². The molecule has 0 unspecified atom stereocenters. The summed E-state index contributed by atoms with van der Waals surface area (Å²) in [6.45, 7) is 0.637. The molecule has 0 bridgehead atoms. The van der Waals surface area contributed by atoms with Crippen molar-refractivity contribution >= 4 is 6.21 Å². The number of hydrogen-bond acceptors (Lipinski definition) is 3. The Kier molecular flexibility index (Phi) is 4.96. The second kappa shape index (κ2) is 7.51. The molecular formula is C20H20N2O2. The normalized spacial score (nSPS) is 10.9. The Bertz CT molecular complexity index is 802. The molecule has 122 valence electrons. The van der Waals surface area contributed by atoms with E-state index >= 15 is 0 Å². The van der Waals surface area contributed by atoms with Crippen molar-refractivity contribution in [2.75, 3.05) is 14.2 Å². The topological polar surface area (TPSA) is 35.8 Å². The Morgan fingerprint density at radius 1 is 0.875 bits per heavy atom. The van der Waals surface area contributed by atoms with Gasteiger partial charge < -0.3 is 14.0 Å². The fraction of sp³-hybridized carbons (Fsp3) is 0.150. The number of rotatable bonds is 6. The van der Waals surface area contributed by atoms with Gasteiger partial charge in [-0.25, -0.2) is 0 Å². The first kappa shape index (κ1) is 15.9. The average molecular weight is 320 g/mol. The molecule has 0 N–H and O–H groups in total. The first-order valence-electron chi connectivity index (χ1n) is 7.74. The molecule has 0 fully saturated rings. The van der Waals surface area contributed by atoms with Crippen LogP contribution in [0.4, 0.5) is 0 Å². The molecule has 0 aliphatic rings. The zero-order valence-electron chi connectivity index (χ0n) is 13.8. The lowest BCUT2D eigenvalue weighted by Gasteiger charge is -2.07. The number of ether oxygens (including phenoxy) is 2. The fourth-order valence-electron chi connectivity index (χ4n) is 2.45. The summed E-state index contributed by atoms with van der Waals surface area (Å²) in [7, 11) is 3.34. The Balaban J connectivity index is 1.72. The van der Waals surface area contributed by atoms with Crippen LogP contribution in [-0.2, 0) is 6.54 Å². The van der Waals surface area contributed by atoms with E-state index in [1.807, 2.05) is 73.1 Å². The Morgan fingerprint density at radius 2 is 1.50 bits per heavy atom. The van der Waals surface area contributed by atoms with E-state index in [1.54, 1.807) is 14.2 Å². The third-order valence-electron chi connectivity index (χ3n) is 3.79. The number of aliphatic imine (C=N–C) groups is 1. The quantitative estimate of drug-likeness (QED) is 0.641. The molecule has 2 aromatic carbocycles. The SMILES string of the molecule is COc1ccc(CN=Cc2cccn2-c2ccc(OC)cc2)cc1. The van der Waals surface area contributed by atoms with Gasteiger partial charge in [0, 0.05) is 18.1 Å². The summed E-state index contributed by atoms with van der Waals surface area (Å²) in [5.74, 6) is 1.71. The Labute approximate surface area is 142 Å². The molecule has 0 spiro atoms. The van der Waals surface area contributed by atoms with E-state index in [9.17, 15) is 0 Å². The number of methoxy groups -OCH3 is 2. The summed E-state index contributed by atoms with van der Waals surface area (Å²) >= 11 is 0. The van der Waals surface area contributed by atoms with Crippen LogP contribution in [-0.4, -0.2) is 25.0 Å². The summed E-state index contributed by atoms with van der Waals surface area (Å²) in [4.78, 5) is 4.55. The summed E-state index contributed by atoms with van der Waals surface area (Å²) in [5.41, 5.74) is 3.26. The third kappa shape index (κ3) is 3.66. The molecular weight excluding hydrogens is 300 g/mol. The van der Waals surface area contributed by atoms with Crippen molar-refractivity contribution in [3.63, 3.8) is 0 Å². The van der Waals surface area contributed by atoms with Crippen molar-refractivity contribution in [3.8, 4) is 17.2 Å². The summed E-state index contributed by atoms with van der Waals surface area (Å²) in [6, 6.07) is 20.0. The molecule has 0 radical (unpaired) electrons. The van der Waals surface area contributed by atoms with Gasteiger partial charge in [0.1, 0.15) is 11.5 Å². The minimum Gasteiger partial charge on any atom is -0.497 e. The maximum atomic E-state index is 5.20. The highest BCUT2D eigenvalue weighted by Crippen LogP contribution is 2.17. The number of benzene rings is 2. The molecule has 0 atom stereocenters. The Hall–Kier alpha value is -3.01. The second-order valence-corrected chi connectivity index (χ2v) is 5.32. The largest absolute Gasteiger partial charge is 0.497 e. The molecule has 0 saturated heterocycles. The predicted octanol–water partition coefficient (Wildman–Crippen LogP) is 4.11. The van der Waals surface area contributed by atoms with Gasteiger partial charge in [-0.15, -0.1) is 0 Å². The van der Waals surface area contributed by atoms with Crippen molar-refractivity contribution in [1.82, 2.24) is 4.57 Å². The lowest BCUT2D eigenvalue weighted by molar-refractivity contribution is 0.414. The van der Waals surface area contributed by atoms with E-state index < -0.39 is 0 Å². The zero-order valence-corrected chi connectivity index (χ0v) is 13.8. The van der Waals surface area contributed by atoms with Gasteiger partial charge in [-0.2, -0.15) is 0 Å². The highest BCUT2D eigenvalue weighted by Gasteiger charge is 2.01. The van der Waals surface area contributed by atoms with Gasteiger partial charge >= 0.3 is 0 Å². The van der Waals surface area contributed by atoms with Crippen molar-refractivity contribution in [3.05, 3.63) is 78.1 Å². The van der Waals surface area contributed by atoms with E-state index in [4.69, 9.17) is 9.47 Å². The molecule has 0 saturated carbocycles. The minimum atomic E-state index is 0.637. The molecule has 0 aliphatic carbocycles. The van der Waals surface area contributed by atoms with Gasteiger partial charge in [-0.05, 0) is 54.1 Å². The molecule has 0 aliphatic heterocycles. The number of aromatic nitrogens is 1. The predicted molar refractivity (Wildman–Crippen MR) is 96.6 cm³/mol. The van der Waals surface area contributed by atoms with Gasteiger partial charge in [-0.3, -0.25) is 4.99 Å². The van der Waals surface area contributed by atoms with Crippen LogP contribution in [0.2, 0.25) is 0 Å². The molecule has 4 nitrogen and oxygen atoms in total. The van der Waals surface area contributed by atoms with Crippen molar-refractivity contribution < 1.29 is 9.47 Å². The maximum absolute atomic E-state index is 5.20. The van der Waals surface area contributed by atoms with Crippen molar-refractivity contribution in [2.45, 2.75) is 6.54 Å². The van der Waals surface area contributed by atoms with Gasteiger partial charge in [-0.1, -0.05) is 12.1 Å². The average Bonchev–Trinajstić information content (AvgIpc) is 3.11. The van der Waals surface area contributed by atoms with Crippen LogP contribution in [0.3, 0.4) is 0 Å². The van der Waals surface area contributed by atoms with Crippen LogP contribution in [0.5, 0.6) is 11.5 Å². The fourth-order valence-corrected chi connectivity index (χ4v) is 2.45. The monoisotopic (exact) mass is 320 g/mol. The molecule has 3 aromatic rings. The molecule has 24 heavy (non-hydrogen) atoms. The smallest absolute Gasteiger partial charge is 0.119 e. The first-order chi connectivity index (χ1) is 11.8. The maximum Gasteiger partial charge on any atom is 0.119 e. The summed E-state index contributed by atoms with van der Waals surface area (Å²) in [6.07, 6.45) is 3.92. The third-order valence-corrected chi connectivity index (χ3v) is 3.79. The highest BCUT2D eigenvalue weighted by molar-refractivity contribution is 5.78. The molecule has 4 heteroatoms. The van der Waals surface area contributed by atoms with Crippen LogP contribution in [0, 0.1) is 0 Å². The van der Waals surface area contributed by atoms with Gasteiger partial charge in [0.2, 0.25) is 0 Å². The summed E-state index contributed by atoms with van der Waals surface area (Å²) < 4.78 is 12.5. The van der Waals surface area contributed by atoms with E-state index in [-0.39, 0.29) is 0 Å². The van der Waals surface area contributed by atoms with Gasteiger partial charge in [0.05, 0.1) is 26.5 Å². The van der Waals surface area contributed by atoms with Crippen LogP contribution >= 0.6 is 0 Å². The molecule has 0 amide bonds. The molecule has 1 aromatic heterocycles. The highest BCUT2D eigenvalue weighted by atomic mass is 16.5. The van der Waals surface area contributed by atoms with E-state index in [2.05, 4.69) is 9.56 Å². The van der Waals surface area contributed by atoms with Gasteiger partial charge in [0.25, 0.3) is 0 Å². The van der Waals surface area contributed by atoms with Crippen LogP contribution in [0.25, 0.3) is 5.69 Å². The lowest BCUT2D eigenvalue weighted by Crippen LogP contribution is -1.98. The van der Waals surface area contributed by atoms with Crippen LogP contribution in [0.1, 0.15) is 11.3 Å². The Morgan fingerprint density at radius 3 is 2.12 bits per heavy atom. The summed E-state index contributed by atoms with van der Waals surface area (Å²) in [5, 5.41) is 0. The standard InChI is InChI=1S/C20H20N2O2/c1-23-19-9-5-16(6-10-19)14-21-15-18-4-3-13-22(18)17-7-11-20(24-2)12-8-17/h3-13,15H,14H2,1-2H3. The van der Waals surface area contributed by atoms with E-state index in [0.717, 1.165) is 28.4 Å². The zero-order chi connectivity index (χ0) is 16.8. The molecule has 3 rings (SSSR count). The van der Waals surface area contributed by atoms with Gasteiger partial charge in [0.15, 0.2) is 0 Å². The van der Waals surface area contributed by atoms with Crippen molar-refractivity contribution in [2.24, 2.45) is 4.99 Å². The van der Waals surface area contributed by atoms with Crippen LogP contribution < -0.4 is 9.47 Å². The first-order valence-corrected chi connectivity index (χ1v) is 7.74. The minimum absolute atomic E-state index is 0.637. The van der Waals surface area contributed by atoms with Crippen molar-refractivity contribution in [1.29, 1.82) is 0 Å². The molecule has 1 heterocycles. The number of nitrogens with zero attached hydrogens (tertiary/aromatic N) is 2. The van der Waals surface area contributed by atoms with E-state index in [1.165, 1.54) is 0 Å². The lowest BCUT2D eigenvalue weighted by atomic mass is 10.2. The van der Waals surface area contributed by atoms with E-state index in [0.29, 0.717) is 6.54 Å². The second-order valence-electron chi connectivity index (χ2n) is 5.32.